The minimum Gasteiger partial charge on any atom is -0.377 e. The summed E-state index contributed by atoms with van der Waals surface area (Å²) in [6.45, 7) is 6.16. The molecule has 0 saturated carbocycles. The molecule has 9 heteroatoms. The molecule has 0 bridgehead atoms. The van der Waals surface area contributed by atoms with Crippen LogP contribution in [0.2, 0.25) is 10.0 Å². The van der Waals surface area contributed by atoms with Crippen LogP contribution in [0.5, 0.6) is 0 Å². The van der Waals surface area contributed by atoms with Crippen LogP contribution in [0.15, 0.2) is 18.2 Å². The topological polar surface area (TPSA) is 61.9 Å². The number of hydrogen-bond donors (Lipinski definition) is 1. The highest BCUT2D eigenvalue weighted by molar-refractivity contribution is 6.35. The fourth-order valence-electron chi connectivity index (χ4n) is 4.08. The molecule has 2 heterocycles. The molecule has 0 spiro atoms. The zero-order chi connectivity index (χ0) is 21.9. The van der Waals surface area contributed by atoms with E-state index in [9.17, 15) is 9.59 Å². The second-order valence-corrected chi connectivity index (χ2v) is 9.18. The summed E-state index contributed by atoms with van der Waals surface area (Å²) in [6.07, 6.45) is 0.510. The van der Waals surface area contributed by atoms with Crippen LogP contribution in [0.3, 0.4) is 0 Å². The summed E-state index contributed by atoms with van der Waals surface area (Å²) in [5.41, 5.74) is -1.20. The number of nitrogens with zero attached hydrogens (tertiary/aromatic N) is 2. The molecule has 2 unspecified atom stereocenters. The number of halogens is 3. The van der Waals surface area contributed by atoms with E-state index in [0.29, 0.717) is 41.9 Å². The zero-order valence-corrected chi connectivity index (χ0v) is 18.8. The maximum atomic E-state index is 15.2. The molecule has 2 atom stereocenters. The van der Waals surface area contributed by atoms with E-state index < -0.39 is 11.6 Å². The van der Waals surface area contributed by atoms with Crippen LogP contribution in [0.25, 0.3) is 0 Å². The monoisotopic (exact) mass is 459 g/mol. The lowest BCUT2D eigenvalue weighted by atomic mass is 9.93. The molecule has 2 aliphatic heterocycles. The number of likely N-dealkylation sites (tertiary alicyclic amines) is 1. The molecular weight excluding hydrogens is 432 g/mol. The molecule has 6 nitrogen and oxygen atoms in total. The molecule has 3 rings (SSSR count). The van der Waals surface area contributed by atoms with Gasteiger partial charge in [0.2, 0.25) is 5.91 Å². The highest BCUT2D eigenvalue weighted by atomic mass is 35.5. The van der Waals surface area contributed by atoms with E-state index in [1.54, 1.807) is 0 Å². The van der Waals surface area contributed by atoms with Crippen LogP contribution in [-0.4, -0.2) is 78.8 Å². The van der Waals surface area contributed by atoms with Gasteiger partial charge < -0.3 is 15.0 Å². The Morgan fingerprint density at radius 3 is 2.27 bits per heavy atom. The fourth-order valence-corrected chi connectivity index (χ4v) is 4.61. The van der Waals surface area contributed by atoms with Gasteiger partial charge in [-0.25, -0.2) is 4.39 Å². The van der Waals surface area contributed by atoms with E-state index in [2.05, 4.69) is 5.32 Å². The van der Waals surface area contributed by atoms with Crippen molar-refractivity contribution < 1.29 is 18.7 Å². The van der Waals surface area contributed by atoms with Crippen molar-refractivity contribution in [2.45, 2.75) is 44.4 Å². The number of benzene rings is 1. The van der Waals surface area contributed by atoms with Gasteiger partial charge in [0, 0.05) is 28.7 Å². The number of morpholine rings is 1. The number of piperidine rings is 1. The summed E-state index contributed by atoms with van der Waals surface area (Å²) in [4.78, 5) is 28.9. The second-order valence-electron chi connectivity index (χ2n) is 8.30. The van der Waals surface area contributed by atoms with Crippen molar-refractivity contribution in [3.63, 3.8) is 0 Å². The first-order chi connectivity index (χ1) is 14.2. The van der Waals surface area contributed by atoms with Crippen LogP contribution in [0.1, 0.15) is 37.0 Å². The number of amides is 2. The Morgan fingerprint density at radius 1 is 1.13 bits per heavy atom. The molecule has 2 saturated heterocycles. The number of carbonyl (C=O) groups is 2. The SMILES string of the molecule is CC1COCC(C)N1C(=O)CN1CCC(F)(CNC(=O)c2cc(Cl)cc(Cl)c2)CC1. The number of rotatable bonds is 5. The molecule has 1 aromatic rings. The summed E-state index contributed by atoms with van der Waals surface area (Å²) >= 11 is 11.8. The normalized spacial score (nSPS) is 24.5. The van der Waals surface area contributed by atoms with E-state index in [1.165, 1.54) is 18.2 Å². The summed E-state index contributed by atoms with van der Waals surface area (Å²) < 4.78 is 20.7. The van der Waals surface area contributed by atoms with Crippen LogP contribution >= 0.6 is 23.2 Å². The third-order valence-corrected chi connectivity index (χ3v) is 6.19. The number of ether oxygens (including phenoxy) is 1. The van der Waals surface area contributed by atoms with Crippen LogP contribution in [0, 0.1) is 0 Å². The minimum atomic E-state index is -1.50. The molecule has 30 heavy (non-hydrogen) atoms. The summed E-state index contributed by atoms with van der Waals surface area (Å²) in [6, 6.07) is 4.61. The average molecular weight is 460 g/mol. The van der Waals surface area contributed by atoms with Gasteiger partial charge >= 0.3 is 0 Å². The minimum absolute atomic E-state index is 0.0431. The van der Waals surface area contributed by atoms with Crippen molar-refractivity contribution in [2.75, 3.05) is 39.4 Å². The standard InChI is InChI=1S/C21H28Cl2FN3O3/c1-14-11-30-12-15(2)27(14)19(28)10-26-5-3-21(24,4-6-26)13-25-20(29)16-7-17(22)9-18(23)8-16/h7-9,14-15H,3-6,10-13H2,1-2H3,(H,25,29). The largest absolute Gasteiger partial charge is 0.377 e. The van der Waals surface area contributed by atoms with Gasteiger partial charge in [-0.1, -0.05) is 23.2 Å². The Balaban J connectivity index is 1.48. The Kier molecular flexibility index (Phi) is 7.61. The summed E-state index contributed by atoms with van der Waals surface area (Å²) in [7, 11) is 0. The van der Waals surface area contributed by atoms with E-state index >= 15 is 4.39 Å². The van der Waals surface area contributed by atoms with Crippen LogP contribution in [-0.2, 0) is 9.53 Å². The Hall–Kier alpha value is -1.41. The predicted molar refractivity (Wildman–Crippen MR) is 115 cm³/mol. The molecule has 0 aromatic heterocycles. The first-order valence-corrected chi connectivity index (χ1v) is 11.0. The van der Waals surface area contributed by atoms with Crippen LogP contribution in [0.4, 0.5) is 4.39 Å². The van der Waals surface area contributed by atoms with Gasteiger partial charge in [-0.05, 0) is 44.9 Å². The Labute approximate surface area is 186 Å². The van der Waals surface area contributed by atoms with Gasteiger partial charge in [0.15, 0.2) is 0 Å². The molecular formula is C21H28Cl2FN3O3. The number of nitrogens with one attached hydrogen (secondary N) is 1. The van der Waals surface area contributed by atoms with Gasteiger partial charge in [-0.3, -0.25) is 14.5 Å². The average Bonchev–Trinajstić information content (AvgIpc) is 2.67. The lowest BCUT2D eigenvalue weighted by molar-refractivity contribution is -0.146. The van der Waals surface area contributed by atoms with Crippen molar-refractivity contribution in [3.8, 4) is 0 Å². The molecule has 0 radical (unpaired) electrons. The van der Waals surface area contributed by atoms with E-state index in [1.807, 2.05) is 23.6 Å². The third-order valence-electron chi connectivity index (χ3n) is 5.76. The summed E-state index contributed by atoms with van der Waals surface area (Å²) in [5.74, 6) is -0.361. The van der Waals surface area contributed by atoms with Gasteiger partial charge in [0.1, 0.15) is 5.67 Å². The number of hydrogen-bond acceptors (Lipinski definition) is 4. The molecule has 2 aliphatic rings. The highest BCUT2D eigenvalue weighted by Crippen LogP contribution is 2.27. The van der Waals surface area contributed by atoms with Crippen molar-refractivity contribution in [2.24, 2.45) is 0 Å². The second kappa shape index (κ2) is 9.81. The van der Waals surface area contributed by atoms with Crippen molar-refractivity contribution in [1.82, 2.24) is 15.1 Å². The number of carbonyl (C=O) groups excluding carboxylic acids is 2. The third kappa shape index (κ3) is 5.84. The van der Waals surface area contributed by atoms with E-state index in [-0.39, 0.29) is 43.9 Å². The van der Waals surface area contributed by atoms with E-state index in [4.69, 9.17) is 27.9 Å². The molecule has 1 N–H and O–H groups in total. The van der Waals surface area contributed by atoms with Crippen molar-refractivity contribution in [1.29, 1.82) is 0 Å². The van der Waals surface area contributed by atoms with Gasteiger partial charge in [-0.15, -0.1) is 0 Å². The molecule has 2 amide bonds. The quantitative estimate of drug-likeness (QED) is 0.734. The Morgan fingerprint density at radius 2 is 1.70 bits per heavy atom. The maximum Gasteiger partial charge on any atom is 0.251 e. The summed E-state index contributed by atoms with van der Waals surface area (Å²) in [5, 5.41) is 3.35. The zero-order valence-electron chi connectivity index (χ0n) is 17.3. The van der Waals surface area contributed by atoms with Gasteiger partial charge in [0.05, 0.1) is 38.4 Å². The van der Waals surface area contributed by atoms with Crippen molar-refractivity contribution in [3.05, 3.63) is 33.8 Å². The first kappa shape index (κ1) is 23.3. The van der Waals surface area contributed by atoms with Crippen molar-refractivity contribution >= 4 is 35.0 Å². The smallest absolute Gasteiger partial charge is 0.251 e. The lowest BCUT2D eigenvalue weighted by Gasteiger charge is -2.41. The molecule has 166 valence electrons. The van der Waals surface area contributed by atoms with E-state index in [0.717, 1.165) is 0 Å². The molecule has 0 aliphatic carbocycles. The maximum absolute atomic E-state index is 15.2. The molecule has 1 aromatic carbocycles. The number of alkyl halides is 1. The first-order valence-electron chi connectivity index (χ1n) is 10.2. The lowest BCUT2D eigenvalue weighted by Crippen LogP contribution is -2.56. The fraction of sp³-hybridized carbons (Fsp3) is 0.619. The Bertz CT molecular complexity index is 757. The van der Waals surface area contributed by atoms with Gasteiger partial charge in [-0.2, -0.15) is 0 Å². The molecule has 2 fully saturated rings. The highest BCUT2D eigenvalue weighted by Gasteiger charge is 2.37. The van der Waals surface area contributed by atoms with Gasteiger partial charge in [0.25, 0.3) is 5.91 Å². The predicted octanol–water partition coefficient (Wildman–Crippen LogP) is 3.16. The van der Waals surface area contributed by atoms with Crippen LogP contribution < -0.4 is 5.32 Å².